The van der Waals surface area contributed by atoms with Crippen LogP contribution in [0.1, 0.15) is 15.9 Å². The Morgan fingerprint density at radius 2 is 2.04 bits per heavy atom. The van der Waals surface area contributed by atoms with Gasteiger partial charge < -0.3 is 15.2 Å². The minimum atomic E-state index is -0.352. The summed E-state index contributed by atoms with van der Waals surface area (Å²) >= 11 is 3.38. The molecule has 0 bridgehead atoms. The zero-order valence-corrected chi connectivity index (χ0v) is 14.3. The summed E-state index contributed by atoms with van der Waals surface area (Å²) < 4.78 is 11.4. The maximum Gasteiger partial charge on any atom is 0.271 e. The monoisotopic (exact) mass is 377 g/mol. The Morgan fingerprint density at radius 1 is 1.26 bits per heavy atom. The molecule has 0 aliphatic rings. The molecule has 3 N–H and O–H groups in total. The highest BCUT2D eigenvalue weighted by molar-refractivity contribution is 9.10. The molecule has 2 aromatic carbocycles. The molecule has 0 fully saturated rings. The third-order valence-electron chi connectivity index (χ3n) is 2.99. The van der Waals surface area contributed by atoms with Crippen molar-refractivity contribution in [2.75, 3.05) is 20.0 Å². The van der Waals surface area contributed by atoms with E-state index in [2.05, 4.69) is 26.5 Å². The maximum atomic E-state index is 12.0. The molecule has 120 valence electrons. The lowest BCUT2D eigenvalue weighted by molar-refractivity contribution is 0.0955. The van der Waals surface area contributed by atoms with E-state index < -0.39 is 0 Å². The summed E-state index contributed by atoms with van der Waals surface area (Å²) in [6, 6.07) is 10.2. The zero-order chi connectivity index (χ0) is 16.8. The third kappa shape index (κ3) is 4.23. The number of methoxy groups -OCH3 is 2. The first-order valence-corrected chi connectivity index (χ1v) is 7.45. The van der Waals surface area contributed by atoms with Crippen LogP contribution < -0.4 is 20.6 Å². The summed E-state index contributed by atoms with van der Waals surface area (Å²) in [7, 11) is 3.08. The molecule has 0 spiro atoms. The van der Waals surface area contributed by atoms with Crippen LogP contribution in [0.25, 0.3) is 0 Å². The quantitative estimate of drug-likeness (QED) is 0.476. The number of anilines is 1. The normalized spacial score (nSPS) is 10.6. The van der Waals surface area contributed by atoms with Crippen molar-refractivity contribution in [3.63, 3.8) is 0 Å². The predicted molar refractivity (Wildman–Crippen MR) is 93.2 cm³/mol. The average molecular weight is 378 g/mol. The van der Waals surface area contributed by atoms with Crippen LogP contribution in [0, 0.1) is 0 Å². The first-order valence-electron chi connectivity index (χ1n) is 6.65. The van der Waals surface area contributed by atoms with Crippen LogP contribution in [0.5, 0.6) is 11.5 Å². The number of hydrazone groups is 1. The van der Waals surface area contributed by atoms with Crippen molar-refractivity contribution in [1.29, 1.82) is 0 Å². The lowest BCUT2D eigenvalue weighted by Crippen LogP contribution is -2.17. The minimum Gasteiger partial charge on any atom is -0.493 e. The number of ether oxygens (including phenoxy) is 2. The van der Waals surface area contributed by atoms with Crippen molar-refractivity contribution >= 4 is 33.7 Å². The number of carbonyl (C=O) groups is 1. The molecular formula is C16H16BrN3O3. The number of nitrogens with two attached hydrogens (primary N) is 1. The Hall–Kier alpha value is -2.54. The number of nitrogens with one attached hydrogen (secondary N) is 1. The molecule has 7 heteroatoms. The number of amides is 1. The van der Waals surface area contributed by atoms with E-state index in [1.54, 1.807) is 43.5 Å². The van der Waals surface area contributed by atoms with E-state index in [1.165, 1.54) is 13.3 Å². The van der Waals surface area contributed by atoms with E-state index >= 15 is 0 Å². The Morgan fingerprint density at radius 3 is 2.70 bits per heavy atom. The highest BCUT2D eigenvalue weighted by Crippen LogP contribution is 2.33. The molecule has 0 heterocycles. The standard InChI is InChI=1S/C16H16BrN3O3/c1-22-14-8-12(17)6-11(15(14)23-2)9-19-20-16(21)10-4-3-5-13(18)7-10/h3-9H,18H2,1-2H3,(H,20,21)/b19-9-. The maximum absolute atomic E-state index is 12.0. The highest BCUT2D eigenvalue weighted by Gasteiger charge is 2.10. The molecular weight excluding hydrogens is 362 g/mol. The molecule has 0 saturated carbocycles. The average Bonchev–Trinajstić information content (AvgIpc) is 2.54. The Kier molecular flexibility index (Phi) is 5.59. The summed E-state index contributed by atoms with van der Waals surface area (Å²) in [5.41, 5.74) is 9.70. The van der Waals surface area contributed by atoms with Crippen LogP contribution >= 0.6 is 15.9 Å². The van der Waals surface area contributed by atoms with Gasteiger partial charge in [0.1, 0.15) is 0 Å². The van der Waals surface area contributed by atoms with Gasteiger partial charge >= 0.3 is 0 Å². The van der Waals surface area contributed by atoms with Crippen molar-refractivity contribution in [3.05, 3.63) is 52.0 Å². The summed E-state index contributed by atoms with van der Waals surface area (Å²) in [5, 5.41) is 3.95. The van der Waals surface area contributed by atoms with Gasteiger partial charge in [0.2, 0.25) is 0 Å². The lowest BCUT2D eigenvalue weighted by atomic mass is 10.2. The number of hydrogen-bond donors (Lipinski definition) is 2. The van der Waals surface area contributed by atoms with Gasteiger partial charge in [-0.05, 0) is 30.3 Å². The lowest BCUT2D eigenvalue weighted by Gasteiger charge is -2.10. The van der Waals surface area contributed by atoms with Gasteiger partial charge in [-0.2, -0.15) is 5.10 Å². The van der Waals surface area contributed by atoms with Crippen LogP contribution in [-0.4, -0.2) is 26.3 Å². The van der Waals surface area contributed by atoms with Gasteiger partial charge in [0, 0.05) is 21.3 Å². The number of benzene rings is 2. The Bertz CT molecular complexity index is 747. The van der Waals surface area contributed by atoms with Crippen LogP contribution in [-0.2, 0) is 0 Å². The van der Waals surface area contributed by atoms with Gasteiger partial charge in [-0.3, -0.25) is 4.79 Å². The molecule has 1 amide bonds. The summed E-state index contributed by atoms with van der Waals surface area (Å²) in [5.74, 6) is 0.734. The molecule has 0 radical (unpaired) electrons. The number of nitrogen functional groups attached to an aromatic ring is 1. The van der Waals surface area contributed by atoms with Gasteiger partial charge in [-0.1, -0.05) is 22.0 Å². The second kappa shape index (κ2) is 7.64. The molecule has 23 heavy (non-hydrogen) atoms. The van der Waals surface area contributed by atoms with E-state index in [-0.39, 0.29) is 5.91 Å². The van der Waals surface area contributed by atoms with Crippen molar-refractivity contribution in [2.45, 2.75) is 0 Å². The van der Waals surface area contributed by atoms with Crippen LogP contribution in [0.3, 0.4) is 0 Å². The second-order valence-corrected chi connectivity index (χ2v) is 5.47. The number of nitrogens with zero attached hydrogens (tertiary/aromatic N) is 1. The zero-order valence-electron chi connectivity index (χ0n) is 12.7. The molecule has 0 aliphatic heterocycles. The van der Waals surface area contributed by atoms with Crippen LogP contribution in [0.15, 0.2) is 46.0 Å². The number of rotatable bonds is 5. The predicted octanol–water partition coefficient (Wildman–Crippen LogP) is 2.81. The van der Waals surface area contributed by atoms with Crippen LogP contribution in [0.4, 0.5) is 5.69 Å². The van der Waals surface area contributed by atoms with E-state index in [0.717, 1.165) is 4.47 Å². The fraction of sp³-hybridized carbons (Fsp3) is 0.125. The largest absolute Gasteiger partial charge is 0.493 e. The van der Waals surface area contributed by atoms with Crippen molar-refractivity contribution in [2.24, 2.45) is 5.10 Å². The number of halogens is 1. The molecule has 0 aromatic heterocycles. The van der Waals surface area contributed by atoms with Crippen molar-refractivity contribution in [1.82, 2.24) is 5.43 Å². The first-order chi connectivity index (χ1) is 11.0. The van der Waals surface area contributed by atoms with E-state index in [4.69, 9.17) is 15.2 Å². The Labute approximate surface area is 142 Å². The molecule has 0 aliphatic carbocycles. The number of carbonyl (C=O) groups excluding carboxylic acids is 1. The van der Waals surface area contributed by atoms with Gasteiger partial charge in [-0.15, -0.1) is 0 Å². The summed E-state index contributed by atoms with van der Waals surface area (Å²) in [6.45, 7) is 0. The van der Waals surface area contributed by atoms with Crippen molar-refractivity contribution < 1.29 is 14.3 Å². The third-order valence-corrected chi connectivity index (χ3v) is 3.45. The molecule has 0 atom stereocenters. The van der Waals surface area contributed by atoms with Gasteiger partial charge in [0.05, 0.1) is 20.4 Å². The fourth-order valence-electron chi connectivity index (χ4n) is 1.96. The highest BCUT2D eigenvalue weighted by atomic mass is 79.9. The van der Waals surface area contributed by atoms with E-state index in [1.807, 2.05) is 0 Å². The van der Waals surface area contributed by atoms with Gasteiger partial charge in [0.25, 0.3) is 5.91 Å². The fourth-order valence-corrected chi connectivity index (χ4v) is 2.41. The summed E-state index contributed by atoms with van der Waals surface area (Å²) in [4.78, 5) is 12.0. The molecule has 0 saturated heterocycles. The molecule has 2 rings (SSSR count). The SMILES string of the molecule is COc1cc(Br)cc(/C=N\NC(=O)c2cccc(N)c2)c1OC. The molecule has 0 unspecified atom stereocenters. The summed E-state index contributed by atoms with van der Waals surface area (Å²) in [6.07, 6.45) is 1.48. The van der Waals surface area contributed by atoms with Gasteiger partial charge in [0.15, 0.2) is 11.5 Å². The van der Waals surface area contributed by atoms with Crippen molar-refractivity contribution in [3.8, 4) is 11.5 Å². The van der Waals surface area contributed by atoms with E-state index in [9.17, 15) is 4.79 Å². The smallest absolute Gasteiger partial charge is 0.271 e. The Balaban J connectivity index is 2.17. The minimum absolute atomic E-state index is 0.352. The topological polar surface area (TPSA) is 85.9 Å². The van der Waals surface area contributed by atoms with E-state index in [0.29, 0.717) is 28.3 Å². The first kappa shape index (κ1) is 16.8. The molecule has 6 nitrogen and oxygen atoms in total. The van der Waals surface area contributed by atoms with Gasteiger partial charge in [-0.25, -0.2) is 5.43 Å². The van der Waals surface area contributed by atoms with Crippen LogP contribution in [0.2, 0.25) is 0 Å². The number of hydrogen-bond acceptors (Lipinski definition) is 5. The second-order valence-electron chi connectivity index (χ2n) is 4.56. The molecule has 2 aromatic rings.